The number of hydrogen-bond acceptors (Lipinski definition) is 5. The van der Waals surface area contributed by atoms with Crippen molar-refractivity contribution in [2.45, 2.75) is 13.5 Å². The number of nitrogens with one attached hydrogen (secondary N) is 2. The summed E-state index contributed by atoms with van der Waals surface area (Å²) in [6.07, 6.45) is 1.45. The molecule has 4 rings (SSSR count). The molecule has 0 aliphatic heterocycles. The normalized spacial score (nSPS) is 11.0. The van der Waals surface area contributed by atoms with E-state index in [1.807, 2.05) is 66.1 Å². The minimum absolute atomic E-state index is 0.0659. The number of pyridine rings is 1. The molecule has 4 aromatic rings. The predicted octanol–water partition coefficient (Wildman–Crippen LogP) is 4.26. The summed E-state index contributed by atoms with van der Waals surface area (Å²) < 4.78 is 6.68. The van der Waals surface area contributed by atoms with Crippen LogP contribution in [0.5, 0.6) is 0 Å². The number of aliphatic hydroxyl groups is 1. The van der Waals surface area contributed by atoms with Crippen LogP contribution in [0.1, 0.15) is 12.5 Å². The van der Waals surface area contributed by atoms with E-state index >= 15 is 0 Å². The monoisotopic (exact) mass is 390 g/mol. The van der Waals surface area contributed by atoms with E-state index < -0.39 is 6.09 Å². The Kier molecular flexibility index (Phi) is 5.05. The molecule has 0 saturated carbocycles. The lowest BCUT2D eigenvalue weighted by molar-refractivity contribution is 0.187. The van der Waals surface area contributed by atoms with Gasteiger partial charge in [-0.1, -0.05) is 30.3 Å². The van der Waals surface area contributed by atoms with Gasteiger partial charge in [0.25, 0.3) is 0 Å². The maximum Gasteiger partial charge on any atom is 0.411 e. The van der Waals surface area contributed by atoms with Gasteiger partial charge in [0.2, 0.25) is 0 Å². The van der Waals surface area contributed by atoms with Crippen molar-refractivity contribution in [3.63, 3.8) is 0 Å². The second kappa shape index (κ2) is 7.81. The van der Waals surface area contributed by atoms with Crippen LogP contribution in [-0.4, -0.2) is 34.2 Å². The largest absolute Gasteiger partial charge is 0.453 e. The first kappa shape index (κ1) is 18.8. The molecule has 7 heteroatoms. The number of aliphatic hydroxyl groups excluding tert-OH is 1. The summed E-state index contributed by atoms with van der Waals surface area (Å²) in [5, 5.41) is 17.8. The predicted molar refractivity (Wildman–Crippen MR) is 114 cm³/mol. The zero-order valence-electron chi connectivity index (χ0n) is 16.3. The highest BCUT2D eigenvalue weighted by molar-refractivity contribution is 6.00. The molecule has 0 bridgehead atoms. The number of ether oxygens (including phenoxy) is 1. The fourth-order valence-electron chi connectivity index (χ4n) is 3.48. The molecule has 2 aromatic heterocycles. The third kappa shape index (κ3) is 3.36. The van der Waals surface area contributed by atoms with E-state index in [0.29, 0.717) is 5.69 Å². The molecule has 0 unspecified atom stereocenters. The fraction of sp³-hybridized carbons (Fsp3) is 0.182. The molecule has 0 atom stereocenters. The number of amides is 1. The Balaban J connectivity index is 1.97. The minimum atomic E-state index is -0.523. The molecule has 148 valence electrons. The van der Waals surface area contributed by atoms with Crippen LogP contribution in [0.3, 0.4) is 0 Å². The second-order valence-corrected chi connectivity index (χ2v) is 6.58. The third-order valence-corrected chi connectivity index (χ3v) is 4.83. The third-order valence-electron chi connectivity index (χ3n) is 4.83. The number of nitrogens with zero attached hydrogens (tertiary/aromatic N) is 2. The molecular weight excluding hydrogens is 368 g/mol. The van der Waals surface area contributed by atoms with Crippen molar-refractivity contribution >= 4 is 34.0 Å². The van der Waals surface area contributed by atoms with Crippen LogP contribution in [0, 0.1) is 0 Å². The van der Waals surface area contributed by atoms with Gasteiger partial charge in [-0.2, -0.15) is 0 Å². The summed E-state index contributed by atoms with van der Waals surface area (Å²) in [5.74, 6) is 0.858. The molecule has 0 fully saturated rings. The average Bonchev–Trinajstić information content (AvgIpc) is 3.12. The molecule has 0 aliphatic carbocycles. The van der Waals surface area contributed by atoms with Crippen molar-refractivity contribution in [2.75, 3.05) is 24.3 Å². The van der Waals surface area contributed by atoms with Crippen LogP contribution in [0.25, 0.3) is 27.7 Å². The number of imidazole rings is 1. The zero-order valence-corrected chi connectivity index (χ0v) is 16.3. The number of carbonyl (C=O) groups is 1. The highest BCUT2D eigenvalue weighted by atomic mass is 16.5. The highest BCUT2D eigenvalue weighted by Crippen LogP contribution is 2.34. The van der Waals surface area contributed by atoms with Crippen molar-refractivity contribution in [3.05, 3.63) is 60.3 Å². The number of anilines is 2. The zero-order chi connectivity index (χ0) is 20.4. The molecule has 1 amide bonds. The Hall–Kier alpha value is -3.58. The Morgan fingerprint density at radius 2 is 2.03 bits per heavy atom. The highest BCUT2D eigenvalue weighted by Gasteiger charge is 2.18. The number of fused-ring (bicyclic) bond motifs is 3. The summed E-state index contributed by atoms with van der Waals surface area (Å²) in [5.41, 5.74) is 3.85. The lowest BCUT2D eigenvalue weighted by Crippen LogP contribution is -2.10. The Bertz CT molecular complexity index is 1200. The summed E-state index contributed by atoms with van der Waals surface area (Å²) in [4.78, 5) is 16.5. The smallest absolute Gasteiger partial charge is 0.411 e. The van der Waals surface area contributed by atoms with Gasteiger partial charge in [-0.3, -0.25) is 9.72 Å². The Morgan fingerprint density at radius 1 is 1.21 bits per heavy atom. The van der Waals surface area contributed by atoms with Crippen LogP contribution in [0.4, 0.5) is 16.3 Å². The number of hydrogen-bond donors (Lipinski definition) is 3. The number of methoxy groups -OCH3 is 1. The summed E-state index contributed by atoms with van der Waals surface area (Å²) in [7, 11) is 1.33. The maximum atomic E-state index is 11.6. The first-order valence-corrected chi connectivity index (χ1v) is 9.39. The molecule has 0 saturated heterocycles. The first-order valence-electron chi connectivity index (χ1n) is 9.39. The SMILES string of the molecule is CCNc1c(-c2ccccc2CO)nc2c3cc(NC(=O)OC)ccc3ccn12. The van der Waals surface area contributed by atoms with E-state index in [2.05, 4.69) is 15.4 Å². The van der Waals surface area contributed by atoms with Gasteiger partial charge >= 0.3 is 6.09 Å². The molecule has 0 radical (unpaired) electrons. The van der Waals surface area contributed by atoms with E-state index in [0.717, 1.165) is 45.6 Å². The van der Waals surface area contributed by atoms with Gasteiger partial charge in [0, 0.05) is 29.4 Å². The van der Waals surface area contributed by atoms with E-state index in [9.17, 15) is 9.90 Å². The van der Waals surface area contributed by atoms with Crippen LogP contribution < -0.4 is 10.6 Å². The van der Waals surface area contributed by atoms with E-state index in [1.54, 1.807) is 0 Å². The van der Waals surface area contributed by atoms with Gasteiger partial charge in [-0.05, 0) is 36.1 Å². The van der Waals surface area contributed by atoms with Gasteiger partial charge in [0.15, 0.2) is 0 Å². The van der Waals surface area contributed by atoms with Crippen molar-refractivity contribution in [3.8, 4) is 11.3 Å². The van der Waals surface area contributed by atoms with Gasteiger partial charge in [0.1, 0.15) is 17.2 Å². The standard InChI is InChI=1S/C22H22N4O3/c1-3-23-21-19(17-7-5-4-6-15(17)13-27)25-20-18-12-16(24-22(28)29-2)9-8-14(18)10-11-26(20)21/h4-12,23,27H,3,13H2,1-2H3,(H,24,28). The van der Waals surface area contributed by atoms with E-state index in [1.165, 1.54) is 7.11 Å². The molecule has 0 aliphatic rings. The Labute approximate surface area is 168 Å². The average molecular weight is 390 g/mol. The van der Waals surface area contributed by atoms with Crippen molar-refractivity contribution in [1.82, 2.24) is 9.38 Å². The summed E-state index contributed by atoms with van der Waals surface area (Å²) >= 11 is 0. The van der Waals surface area contributed by atoms with Gasteiger partial charge in [-0.15, -0.1) is 0 Å². The number of aromatic nitrogens is 2. The lowest BCUT2D eigenvalue weighted by atomic mass is 10.1. The molecule has 2 aromatic carbocycles. The lowest BCUT2D eigenvalue weighted by Gasteiger charge is -2.10. The topological polar surface area (TPSA) is 87.9 Å². The number of rotatable bonds is 5. The van der Waals surface area contributed by atoms with E-state index in [-0.39, 0.29) is 6.61 Å². The van der Waals surface area contributed by atoms with Crippen molar-refractivity contribution in [1.29, 1.82) is 0 Å². The van der Waals surface area contributed by atoms with Gasteiger partial charge in [-0.25, -0.2) is 9.78 Å². The molecule has 0 spiro atoms. The van der Waals surface area contributed by atoms with Gasteiger partial charge < -0.3 is 15.2 Å². The molecular formula is C22H22N4O3. The van der Waals surface area contributed by atoms with Crippen LogP contribution in [-0.2, 0) is 11.3 Å². The molecule has 3 N–H and O–H groups in total. The molecule has 7 nitrogen and oxygen atoms in total. The fourth-order valence-corrected chi connectivity index (χ4v) is 3.48. The Morgan fingerprint density at radius 3 is 2.79 bits per heavy atom. The summed E-state index contributed by atoms with van der Waals surface area (Å²) in [6, 6.07) is 15.3. The minimum Gasteiger partial charge on any atom is -0.453 e. The first-order chi connectivity index (χ1) is 14.2. The number of carbonyl (C=O) groups excluding carboxylic acids is 1. The summed E-state index contributed by atoms with van der Waals surface area (Å²) in [6.45, 7) is 2.69. The van der Waals surface area contributed by atoms with Crippen molar-refractivity contribution in [2.24, 2.45) is 0 Å². The maximum absolute atomic E-state index is 11.6. The molecule has 2 heterocycles. The quantitative estimate of drug-likeness (QED) is 0.474. The van der Waals surface area contributed by atoms with Crippen LogP contribution >= 0.6 is 0 Å². The van der Waals surface area contributed by atoms with E-state index in [4.69, 9.17) is 4.98 Å². The second-order valence-electron chi connectivity index (χ2n) is 6.58. The van der Waals surface area contributed by atoms with Gasteiger partial charge in [0.05, 0.1) is 13.7 Å². The van der Waals surface area contributed by atoms with Crippen LogP contribution in [0.2, 0.25) is 0 Å². The molecule has 29 heavy (non-hydrogen) atoms. The number of benzene rings is 2. The van der Waals surface area contributed by atoms with Crippen LogP contribution in [0.15, 0.2) is 54.7 Å². The van der Waals surface area contributed by atoms with Crippen molar-refractivity contribution < 1.29 is 14.6 Å².